The summed E-state index contributed by atoms with van der Waals surface area (Å²) in [6.07, 6.45) is -0.582. The first-order chi connectivity index (χ1) is 12.6. The molecule has 150 valence electrons. The number of esters is 2. The van der Waals surface area contributed by atoms with Crippen LogP contribution in [0.5, 0.6) is 5.75 Å². The Kier molecular flexibility index (Phi) is 9.79. The van der Waals surface area contributed by atoms with Gasteiger partial charge in [-0.25, -0.2) is 9.59 Å². The number of carbonyl (C=O) groups is 2. The van der Waals surface area contributed by atoms with E-state index in [1.807, 2.05) is 20.8 Å². The van der Waals surface area contributed by atoms with E-state index in [2.05, 4.69) is 29.2 Å². The summed E-state index contributed by atoms with van der Waals surface area (Å²) in [5.74, 6) is -0.313. The van der Waals surface area contributed by atoms with Gasteiger partial charge >= 0.3 is 11.9 Å². The molecule has 0 saturated carbocycles. The zero-order valence-corrected chi connectivity index (χ0v) is 18.4. The van der Waals surface area contributed by atoms with Crippen LogP contribution in [0.15, 0.2) is 36.4 Å². The summed E-state index contributed by atoms with van der Waals surface area (Å²) >= 11 is 2.14. The molecular weight excluding hydrogens is 463 g/mol. The Bertz CT molecular complexity index is 633. The molecule has 0 saturated heterocycles. The van der Waals surface area contributed by atoms with Crippen molar-refractivity contribution in [2.24, 2.45) is 0 Å². The second kappa shape index (κ2) is 11.3. The van der Waals surface area contributed by atoms with E-state index >= 15 is 0 Å². The lowest BCUT2D eigenvalue weighted by molar-refractivity contribution is -0.152. The maximum atomic E-state index is 11.8. The van der Waals surface area contributed by atoms with Crippen molar-refractivity contribution in [2.75, 3.05) is 24.2 Å². The Morgan fingerprint density at radius 3 is 2.30 bits per heavy atom. The smallest absolute Gasteiger partial charge is 0.338 e. The van der Waals surface area contributed by atoms with Crippen LogP contribution in [0.3, 0.4) is 0 Å². The van der Waals surface area contributed by atoms with Crippen molar-refractivity contribution in [3.63, 3.8) is 0 Å². The van der Waals surface area contributed by atoms with E-state index in [1.165, 1.54) is 0 Å². The summed E-state index contributed by atoms with van der Waals surface area (Å²) in [6.45, 7) is 11.6. The van der Waals surface area contributed by atoms with Crippen LogP contribution in [0.2, 0.25) is 0 Å². The largest absolute Gasteiger partial charge is 0.490 e. The van der Waals surface area contributed by atoms with Gasteiger partial charge < -0.3 is 18.9 Å². The van der Waals surface area contributed by atoms with E-state index in [0.717, 1.165) is 4.43 Å². The Balaban J connectivity index is 2.65. The molecule has 1 atom stereocenters. The molecular formula is C20H27IO6. The Morgan fingerprint density at radius 2 is 1.78 bits per heavy atom. The van der Waals surface area contributed by atoms with Crippen molar-refractivity contribution in [3.8, 4) is 5.75 Å². The van der Waals surface area contributed by atoms with Crippen LogP contribution in [0.25, 0.3) is 0 Å². The van der Waals surface area contributed by atoms with Gasteiger partial charge in [0.25, 0.3) is 0 Å². The summed E-state index contributed by atoms with van der Waals surface area (Å²) in [5, 5.41) is 0. The molecule has 1 aromatic carbocycles. The zero-order chi connectivity index (χ0) is 20.4. The number of rotatable bonds is 10. The van der Waals surface area contributed by atoms with Gasteiger partial charge in [-0.2, -0.15) is 0 Å². The van der Waals surface area contributed by atoms with Gasteiger partial charge in [0.15, 0.2) is 6.10 Å². The first-order valence-corrected chi connectivity index (χ1v) is 10.1. The standard InChI is InChI=1S/C20H27IO6/c1-14(2)18(22)27-17(13-26-20(3,4)5)12-25-16-8-6-15(7-9-16)19(23)24-11-10-21/h6-9,17H,1,10-13H2,2-5H3. The molecule has 7 heteroatoms. The predicted octanol–water partition coefficient (Wildman–Crippen LogP) is 3.96. The van der Waals surface area contributed by atoms with E-state index < -0.39 is 12.1 Å². The summed E-state index contributed by atoms with van der Waals surface area (Å²) in [6, 6.07) is 6.60. The average molecular weight is 490 g/mol. The van der Waals surface area contributed by atoms with Crippen molar-refractivity contribution in [1.82, 2.24) is 0 Å². The lowest BCUT2D eigenvalue weighted by atomic mass is 10.2. The molecule has 0 heterocycles. The van der Waals surface area contributed by atoms with E-state index in [4.69, 9.17) is 18.9 Å². The fourth-order valence-corrected chi connectivity index (χ4v) is 2.02. The average Bonchev–Trinajstić information content (AvgIpc) is 2.61. The number of carbonyl (C=O) groups excluding carboxylic acids is 2. The zero-order valence-electron chi connectivity index (χ0n) is 16.2. The minimum atomic E-state index is -0.582. The van der Waals surface area contributed by atoms with Crippen molar-refractivity contribution in [2.45, 2.75) is 39.4 Å². The van der Waals surface area contributed by atoms with Crippen LogP contribution in [-0.2, 0) is 19.0 Å². The highest BCUT2D eigenvalue weighted by atomic mass is 127. The molecule has 6 nitrogen and oxygen atoms in total. The van der Waals surface area contributed by atoms with E-state index in [9.17, 15) is 9.59 Å². The molecule has 0 radical (unpaired) electrons. The van der Waals surface area contributed by atoms with Gasteiger partial charge in [-0.05, 0) is 52.0 Å². The summed E-state index contributed by atoms with van der Waals surface area (Å²) in [7, 11) is 0. The van der Waals surface area contributed by atoms with Gasteiger partial charge in [-0.3, -0.25) is 0 Å². The first kappa shape index (κ1) is 23.4. The molecule has 1 aromatic rings. The maximum absolute atomic E-state index is 11.8. The third-order valence-corrected chi connectivity index (χ3v) is 3.60. The van der Waals surface area contributed by atoms with Gasteiger partial charge in [0.05, 0.1) is 17.8 Å². The molecule has 0 aromatic heterocycles. The number of halogens is 1. The molecule has 1 unspecified atom stereocenters. The molecule has 0 amide bonds. The van der Waals surface area contributed by atoms with Crippen molar-refractivity contribution in [3.05, 3.63) is 42.0 Å². The van der Waals surface area contributed by atoms with Crippen LogP contribution < -0.4 is 4.74 Å². The number of alkyl halides is 1. The van der Waals surface area contributed by atoms with Gasteiger partial charge in [0, 0.05) is 10.0 Å². The molecule has 0 aliphatic rings. The molecule has 0 fully saturated rings. The van der Waals surface area contributed by atoms with Crippen LogP contribution in [0, 0.1) is 0 Å². The second-order valence-corrected chi connectivity index (χ2v) is 7.97. The lowest BCUT2D eigenvalue weighted by Crippen LogP contribution is -2.34. The number of hydrogen-bond donors (Lipinski definition) is 0. The predicted molar refractivity (Wildman–Crippen MR) is 112 cm³/mol. The van der Waals surface area contributed by atoms with Gasteiger partial charge in [-0.15, -0.1) is 0 Å². The van der Waals surface area contributed by atoms with Crippen LogP contribution >= 0.6 is 22.6 Å². The molecule has 27 heavy (non-hydrogen) atoms. The molecule has 0 bridgehead atoms. The molecule has 1 rings (SSSR count). The lowest BCUT2D eigenvalue weighted by Gasteiger charge is -2.24. The van der Waals surface area contributed by atoms with E-state index in [0.29, 0.717) is 23.5 Å². The second-order valence-electron chi connectivity index (χ2n) is 6.89. The summed E-state index contributed by atoms with van der Waals surface area (Å²) in [5.41, 5.74) is 0.395. The summed E-state index contributed by atoms with van der Waals surface area (Å²) in [4.78, 5) is 23.6. The first-order valence-electron chi connectivity index (χ1n) is 8.59. The van der Waals surface area contributed by atoms with Gasteiger partial charge in [0.2, 0.25) is 0 Å². The monoisotopic (exact) mass is 490 g/mol. The Labute approximate surface area is 174 Å². The molecule has 0 aliphatic carbocycles. The van der Waals surface area contributed by atoms with E-state index in [-0.39, 0.29) is 24.8 Å². The van der Waals surface area contributed by atoms with Crippen molar-refractivity contribution < 1.29 is 28.5 Å². The third kappa shape index (κ3) is 9.76. The number of ether oxygens (including phenoxy) is 4. The van der Waals surface area contributed by atoms with E-state index in [1.54, 1.807) is 31.2 Å². The molecule has 0 N–H and O–H groups in total. The summed E-state index contributed by atoms with van der Waals surface area (Å²) < 4.78 is 22.6. The highest BCUT2D eigenvalue weighted by Crippen LogP contribution is 2.15. The van der Waals surface area contributed by atoms with Crippen molar-refractivity contribution in [1.29, 1.82) is 0 Å². The SMILES string of the molecule is C=C(C)C(=O)OC(COc1ccc(C(=O)OCCI)cc1)COC(C)(C)C. The van der Waals surface area contributed by atoms with Crippen LogP contribution in [0.4, 0.5) is 0 Å². The fraction of sp³-hybridized carbons (Fsp3) is 0.500. The number of benzene rings is 1. The number of hydrogen-bond acceptors (Lipinski definition) is 6. The minimum absolute atomic E-state index is 0.119. The fourth-order valence-electron chi connectivity index (χ4n) is 1.80. The maximum Gasteiger partial charge on any atom is 0.338 e. The highest BCUT2D eigenvalue weighted by molar-refractivity contribution is 14.1. The Morgan fingerprint density at radius 1 is 1.15 bits per heavy atom. The Hall–Kier alpha value is -1.61. The highest BCUT2D eigenvalue weighted by Gasteiger charge is 2.20. The van der Waals surface area contributed by atoms with Gasteiger partial charge in [0.1, 0.15) is 19.0 Å². The van der Waals surface area contributed by atoms with Crippen LogP contribution in [0.1, 0.15) is 38.1 Å². The van der Waals surface area contributed by atoms with Crippen LogP contribution in [-0.4, -0.2) is 47.9 Å². The minimum Gasteiger partial charge on any atom is -0.490 e. The van der Waals surface area contributed by atoms with Gasteiger partial charge in [-0.1, -0.05) is 29.2 Å². The quantitative estimate of drug-likeness (QED) is 0.214. The normalized spacial score (nSPS) is 12.2. The molecule has 0 spiro atoms. The molecule has 0 aliphatic heterocycles. The third-order valence-electron chi connectivity index (χ3n) is 3.16. The topological polar surface area (TPSA) is 71.1 Å². The van der Waals surface area contributed by atoms with Crippen molar-refractivity contribution >= 4 is 34.5 Å².